The first kappa shape index (κ1) is 27.8. The van der Waals surface area contributed by atoms with Crippen molar-refractivity contribution in [2.75, 3.05) is 62.4 Å². The van der Waals surface area contributed by atoms with E-state index in [2.05, 4.69) is 38.8 Å². The highest BCUT2D eigenvalue weighted by Crippen LogP contribution is 2.38. The molecule has 212 valence electrons. The number of morpholine rings is 2. The number of halogens is 2. The normalized spacial score (nSPS) is 17.4. The van der Waals surface area contributed by atoms with E-state index in [4.69, 9.17) is 28.9 Å². The Bertz CT molecular complexity index is 1270. The van der Waals surface area contributed by atoms with Crippen LogP contribution in [0.15, 0.2) is 18.2 Å². The molecule has 5 rings (SSSR count). The van der Waals surface area contributed by atoms with Crippen molar-refractivity contribution in [3.05, 3.63) is 29.6 Å². The van der Waals surface area contributed by atoms with E-state index in [0.29, 0.717) is 82.1 Å². The summed E-state index contributed by atoms with van der Waals surface area (Å²) in [7, 11) is -2.07. The Balaban J connectivity index is 1.61. The molecular weight excluding hydrogens is 524 g/mol. The minimum Gasteiger partial charge on any atom is -0.412 e. The molecule has 2 aromatic heterocycles. The second kappa shape index (κ2) is 11.0. The van der Waals surface area contributed by atoms with Gasteiger partial charge in [-0.2, -0.15) is 15.0 Å². The molecule has 0 saturated carbocycles. The van der Waals surface area contributed by atoms with Crippen LogP contribution in [-0.4, -0.2) is 85.4 Å². The highest BCUT2D eigenvalue weighted by Gasteiger charge is 2.37. The van der Waals surface area contributed by atoms with Crippen molar-refractivity contribution in [1.29, 1.82) is 0 Å². The van der Waals surface area contributed by atoms with Crippen molar-refractivity contribution in [3.8, 4) is 5.95 Å². The van der Waals surface area contributed by atoms with Gasteiger partial charge in [-0.05, 0) is 24.2 Å². The number of aromatic nitrogens is 5. The predicted octanol–water partition coefficient (Wildman–Crippen LogP) is 4.34. The molecule has 2 aliphatic heterocycles. The van der Waals surface area contributed by atoms with Gasteiger partial charge in [-0.1, -0.05) is 32.9 Å². The average molecular weight is 562 g/mol. The first-order chi connectivity index (χ1) is 18.5. The zero-order valence-corrected chi connectivity index (χ0v) is 24.3. The van der Waals surface area contributed by atoms with Gasteiger partial charge in [-0.15, -0.1) is 0 Å². The Hall–Kier alpha value is -2.74. The molecule has 2 fully saturated rings. The maximum atomic E-state index is 14.5. The van der Waals surface area contributed by atoms with E-state index in [9.17, 15) is 8.78 Å². The average Bonchev–Trinajstić information content (AvgIpc) is 3.33. The number of hydrogen-bond donors (Lipinski definition) is 0. The molecule has 13 heteroatoms. The molecule has 0 N–H and O–H groups in total. The van der Waals surface area contributed by atoms with Crippen LogP contribution in [0, 0.1) is 0 Å². The van der Waals surface area contributed by atoms with Crippen LogP contribution in [0.4, 0.5) is 20.7 Å². The Kier molecular flexibility index (Phi) is 7.86. The number of benzene rings is 1. The Morgan fingerprint density at radius 2 is 1.41 bits per heavy atom. The maximum absolute atomic E-state index is 14.5. The van der Waals surface area contributed by atoms with Crippen molar-refractivity contribution in [2.45, 2.75) is 51.9 Å². The van der Waals surface area contributed by atoms with Gasteiger partial charge < -0.3 is 23.7 Å². The molecule has 10 nitrogen and oxygen atoms in total. The fourth-order valence-corrected chi connectivity index (χ4v) is 5.33. The quantitative estimate of drug-likeness (QED) is 0.391. The molecule has 39 heavy (non-hydrogen) atoms. The molecule has 0 bridgehead atoms. The third-order valence-electron chi connectivity index (χ3n) is 7.77. The number of anilines is 2. The number of fused-ring (bicyclic) bond motifs is 1. The van der Waals surface area contributed by atoms with E-state index in [-0.39, 0.29) is 11.0 Å². The molecule has 0 aliphatic carbocycles. The van der Waals surface area contributed by atoms with Crippen molar-refractivity contribution in [3.63, 3.8) is 0 Å². The zero-order valence-electron chi connectivity index (χ0n) is 23.3. The van der Waals surface area contributed by atoms with Crippen LogP contribution in [0.25, 0.3) is 17.0 Å². The van der Waals surface area contributed by atoms with Gasteiger partial charge >= 0.3 is 0 Å². The first-order valence-corrected chi connectivity index (χ1v) is 16.3. The molecule has 0 radical (unpaired) electrons. The monoisotopic (exact) mass is 561 g/mol. The number of alkyl halides is 2. The van der Waals surface area contributed by atoms with Gasteiger partial charge in [0, 0.05) is 31.7 Å². The Morgan fingerprint density at radius 1 is 0.872 bits per heavy atom. The van der Waals surface area contributed by atoms with Crippen molar-refractivity contribution in [2.24, 2.45) is 0 Å². The lowest BCUT2D eigenvalue weighted by atomic mass is 10.2. The maximum Gasteiger partial charge on any atom is 0.296 e. The number of ether oxygens (including phenoxy) is 2. The molecule has 3 aromatic rings. The Morgan fingerprint density at radius 3 is 1.92 bits per heavy atom. The highest BCUT2D eigenvalue weighted by atomic mass is 28.4. The van der Waals surface area contributed by atoms with E-state index < -0.39 is 20.6 Å². The predicted molar refractivity (Wildman–Crippen MR) is 147 cm³/mol. The second-order valence-electron chi connectivity index (χ2n) is 11.4. The summed E-state index contributed by atoms with van der Waals surface area (Å²) in [6.45, 7) is 15.7. The van der Waals surface area contributed by atoms with Crippen LogP contribution in [0.2, 0.25) is 18.1 Å². The van der Waals surface area contributed by atoms with E-state index in [0.717, 1.165) is 5.56 Å². The number of para-hydroxylation sites is 1. The van der Waals surface area contributed by atoms with Crippen LogP contribution < -0.4 is 9.80 Å². The van der Waals surface area contributed by atoms with E-state index in [1.165, 1.54) is 4.57 Å². The summed E-state index contributed by atoms with van der Waals surface area (Å²) in [5.41, 5.74) is 1.73. The fraction of sp³-hybridized carbons (Fsp3) is 0.615. The number of rotatable bonds is 7. The minimum atomic E-state index is -2.83. The highest BCUT2D eigenvalue weighted by molar-refractivity contribution is 6.74. The van der Waals surface area contributed by atoms with Gasteiger partial charge in [0.05, 0.1) is 44.1 Å². The lowest BCUT2D eigenvalue weighted by Crippen LogP contribution is -2.40. The van der Waals surface area contributed by atoms with Crippen LogP contribution in [-0.2, 0) is 20.5 Å². The molecular formula is C26H37F2N7O3Si. The molecule has 0 amide bonds. The van der Waals surface area contributed by atoms with Gasteiger partial charge in [-0.3, -0.25) is 4.57 Å². The van der Waals surface area contributed by atoms with E-state index in [1.807, 2.05) is 21.9 Å². The summed E-state index contributed by atoms with van der Waals surface area (Å²) in [6.07, 6.45) is -2.83. The van der Waals surface area contributed by atoms with Crippen LogP contribution >= 0.6 is 0 Å². The van der Waals surface area contributed by atoms with E-state index >= 15 is 0 Å². The van der Waals surface area contributed by atoms with Crippen molar-refractivity contribution in [1.82, 2.24) is 24.5 Å². The molecule has 2 saturated heterocycles. The molecule has 0 spiro atoms. The number of nitrogens with zero attached hydrogens (tertiary/aromatic N) is 7. The largest absolute Gasteiger partial charge is 0.412 e. The minimum absolute atomic E-state index is 0.0189. The second-order valence-corrected chi connectivity index (χ2v) is 16.2. The topological polar surface area (TPSA) is 90.7 Å². The van der Waals surface area contributed by atoms with Crippen molar-refractivity contribution < 1.29 is 22.7 Å². The third kappa shape index (κ3) is 5.76. The Labute approximate surface area is 228 Å². The molecule has 0 unspecified atom stereocenters. The third-order valence-corrected chi connectivity index (χ3v) is 12.3. The SMILES string of the molecule is CC(C)(C)[Si](C)(C)OCc1cccc2c1nc(C(F)F)n2-c1nc(N2CCOCC2)nc(N2CCOCC2)n1. The summed E-state index contributed by atoms with van der Waals surface area (Å²) >= 11 is 0. The molecule has 1 aromatic carbocycles. The lowest BCUT2D eigenvalue weighted by Gasteiger charge is -2.36. The van der Waals surface area contributed by atoms with Crippen molar-refractivity contribution >= 4 is 31.2 Å². The van der Waals surface area contributed by atoms with Crippen LogP contribution in [0.3, 0.4) is 0 Å². The zero-order chi connectivity index (χ0) is 27.8. The standard InChI is InChI=1S/C26H37F2N7O3Si/c1-26(2,3)39(4,5)38-17-18-7-6-8-19-20(18)29-22(21(27)28)35(19)25-31-23(33-9-13-36-14-10-33)30-24(32-25)34-11-15-37-16-12-34/h6-8,21H,9-17H2,1-5H3. The van der Waals surface area contributed by atoms with Crippen LogP contribution in [0.1, 0.15) is 38.6 Å². The van der Waals surface area contributed by atoms with Gasteiger partial charge in [-0.25, -0.2) is 13.8 Å². The molecule has 2 aliphatic rings. The van der Waals surface area contributed by atoms with Crippen LogP contribution in [0.5, 0.6) is 0 Å². The summed E-state index contributed by atoms with van der Waals surface area (Å²) in [4.78, 5) is 22.5. The van der Waals surface area contributed by atoms with E-state index in [1.54, 1.807) is 6.07 Å². The summed E-state index contributed by atoms with van der Waals surface area (Å²) < 4.78 is 47.8. The van der Waals surface area contributed by atoms with Gasteiger partial charge in [0.15, 0.2) is 14.1 Å². The summed E-state index contributed by atoms with van der Waals surface area (Å²) in [6, 6.07) is 5.50. The summed E-state index contributed by atoms with van der Waals surface area (Å²) in [5, 5.41) is 0.0189. The van der Waals surface area contributed by atoms with Gasteiger partial charge in [0.25, 0.3) is 6.43 Å². The molecule has 4 heterocycles. The first-order valence-electron chi connectivity index (χ1n) is 13.4. The molecule has 0 atom stereocenters. The number of hydrogen-bond acceptors (Lipinski definition) is 9. The smallest absolute Gasteiger partial charge is 0.296 e. The summed E-state index contributed by atoms with van der Waals surface area (Å²) in [5.74, 6) is 0.582. The lowest BCUT2D eigenvalue weighted by molar-refractivity contribution is 0.121. The van der Waals surface area contributed by atoms with Gasteiger partial charge in [0.2, 0.25) is 17.8 Å². The number of imidazole rings is 1. The van der Waals surface area contributed by atoms with Gasteiger partial charge in [0.1, 0.15) is 0 Å². The fourth-order valence-electron chi connectivity index (χ4n) is 4.38.